The van der Waals surface area contributed by atoms with Gasteiger partial charge in [-0.3, -0.25) is 9.48 Å². The highest BCUT2D eigenvalue weighted by Gasteiger charge is 2.06. The molecule has 0 radical (unpaired) electrons. The van der Waals surface area contributed by atoms with Crippen LogP contribution in [0.3, 0.4) is 0 Å². The van der Waals surface area contributed by atoms with Crippen molar-refractivity contribution in [3.05, 3.63) is 58.3 Å². The summed E-state index contributed by atoms with van der Waals surface area (Å²) >= 11 is 0. The molecule has 0 aliphatic heterocycles. The van der Waals surface area contributed by atoms with Crippen LogP contribution in [0.15, 0.2) is 41.3 Å². The predicted molar refractivity (Wildman–Crippen MR) is 76.3 cm³/mol. The van der Waals surface area contributed by atoms with Crippen molar-refractivity contribution in [2.24, 2.45) is 0 Å². The van der Waals surface area contributed by atoms with Gasteiger partial charge in [0.15, 0.2) is 5.82 Å². The minimum atomic E-state index is -0.0958. The predicted octanol–water partition coefficient (Wildman–Crippen LogP) is 1.13. The van der Waals surface area contributed by atoms with E-state index in [4.69, 9.17) is 5.73 Å². The fourth-order valence-electron chi connectivity index (χ4n) is 2.15. The zero-order valence-electron chi connectivity index (χ0n) is 10.9. The Morgan fingerprint density at radius 2 is 2.05 bits per heavy atom. The number of rotatable bonds is 2. The van der Waals surface area contributed by atoms with Crippen LogP contribution in [-0.4, -0.2) is 19.7 Å². The minimum absolute atomic E-state index is 0.0958. The number of fused-ring (bicyclic) bond motifs is 1. The molecule has 0 amide bonds. The van der Waals surface area contributed by atoms with Gasteiger partial charge in [-0.1, -0.05) is 12.1 Å². The van der Waals surface area contributed by atoms with Crippen molar-refractivity contribution in [1.29, 1.82) is 0 Å². The highest BCUT2D eigenvalue weighted by atomic mass is 16.1. The lowest BCUT2D eigenvalue weighted by atomic mass is 10.2. The summed E-state index contributed by atoms with van der Waals surface area (Å²) < 4.78 is 1.70. The van der Waals surface area contributed by atoms with Crippen molar-refractivity contribution in [2.45, 2.75) is 13.5 Å². The number of aryl methyl sites for hydroxylation is 1. The van der Waals surface area contributed by atoms with Gasteiger partial charge in [-0.25, -0.2) is 9.97 Å². The molecule has 0 fully saturated rings. The second-order valence-electron chi connectivity index (χ2n) is 4.53. The van der Waals surface area contributed by atoms with E-state index in [1.54, 1.807) is 16.8 Å². The molecule has 0 unspecified atom stereocenters. The summed E-state index contributed by atoms with van der Waals surface area (Å²) in [6, 6.07) is 9.03. The molecule has 0 aliphatic rings. The van der Waals surface area contributed by atoms with E-state index in [-0.39, 0.29) is 5.43 Å². The molecule has 20 heavy (non-hydrogen) atoms. The maximum absolute atomic E-state index is 11.8. The highest BCUT2D eigenvalue weighted by molar-refractivity contribution is 5.77. The number of hydrogen-bond donors (Lipinski definition) is 1. The van der Waals surface area contributed by atoms with E-state index in [1.165, 1.54) is 6.20 Å². The molecule has 3 aromatic rings. The summed E-state index contributed by atoms with van der Waals surface area (Å²) in [6.07, 6.45) is 1.31. The van der Waals surface area contributed by atoms with Crippen LogP contribution >= 0.6 is 0 Å². The van der Waals surface area contributed by atoms with Crippen molar-refractivity contribution in [1.82, 2.24) is 19.7 Å². The number of aromatic nitrogens is 4. The van der Waals surface area contributed by atoms with Crippen LogP contribution < -0.4 is 11.2 Å². The third kappa shape index (κ3) is 2.23. The number of benzene rings is 1. The molecule has 0 saturated carbocycles. The number of nitrogen functional groups attached to an aromatic ring is 1. The fourth-order valence-corrected chi connectivity index (χ4v) is 2.15. The fraction of sp³-hybridized carbons (Fsp3) is 0.143. The summed E-state index contributed by atoms with van der Waals surface area (Å²) in [5, 5.41) is 4.77. The molecule has 2 N–H and O–H groups in total. The monoisotopic (exact) mass is 267 g/mol. The molecule has 3 rings (SSSR count). The van der Waals surface area contributed by atoms with Gasteiger partial charge >= 0.3 is 0 Å². The van der Waals surface area contributed by atoms with Gasteiger partial charge in [0.25, 0.3) is 0 Å². The van der Waals surface area contributed by atoms with Crippen molar-refractivity contribution in [3.63, 3.8) is 0 Å². The Morgan fingerprint density at radius 3 is 2.85 bits per heavy atom. The van der Waals surface area contributed by atoms with Gasteiger partial charge < -0.3 is 5.73 Å². The number of nitrogens with two attached hydrogens (primary N) is 1. The Morgan fingerprint density at radius 1 is 1.25 bits per heavy atom. The van der Waals surface area contributed by atoms with Crippen LogP contribution in [0.2, 0.25) is 0 Å². The lowest BCUT2D eigenvalue weighted by Crippen LogP contribution is -2.15. The molecule has 0 aliphatic carbocycles. The van der Waals surface area contributed by atoms with E-state index in [9.17, 15) is 4.79 Å². The van der Waals surface area contributed by atoms with Gasteiger partial charge in [0.2, 0.25) is 5.43 Å². The zero-order valence-corrected chi connectivity index (χ0v) is 10.9. The molecule has 2 heterocycles. The van der Waals surface area contributed by atoms with Crippen molar-refractivity contribution >= 4 is 16.7 Å². The van der Waals surface area contributed by atoms with E-state index in [2.05, 4.69) is 15.1 Å². The first-order valence-corrected chi connectivity index (χ1v) is 6.18. The molecule has 6 heteroatoms. The van der Waals surface area contributed by atoms with Gasteiger partial charge in [-0.15, -0.1) is 0 Å². The van der Waals surface area contributed by atoms with E-state index in [1.807, 2.05) is 25.1 Å². The summed E-state index contributed by atoms with van der Waals surface area (Å²) in [7, 11) is 0. The molecule has 1 aromatic carbocycles. The Bertz CT molecular complexity index is 820. The lowest BCUT2D eigenvalue weighted by molar-refractivity contribution is 0.661. The van der Waals surface area contributed by atoms with E-state index in [0.29, 0.717) is 23.6 Å². The second kappa shape index (κ2) is 4.73. The van der Waals surface area contributed by atoms with Crippen LogP contribution in [0.1, 0.15) is 11.5 Å². The summed E-state index contributed by atoms with van der Waals surface area (Å²) in [6.45, 7) is 2.23. The van der Waals surface area contributed by atoms with Gasteiger partial charge in [-0.05, 0) is 19.1 Å². The third-order valence-electron chi connectivity index (χ3n) is 2.97. The molecular weight excluding hydrogens is 254 g/mol. The first-order valence-electron chi connectivity index (χ1n) is 6.18. The summed E-state index contributed by atoms with van der Waals surface area (Å²) in [5.74, 6) is 1.00. The maximum atomic E-state index is 11.8. The minimum Gasteiger partial charge on any atom is -0.384 e. The first-order chi connectivity index (χ1) is 9.63. The average Bonchev–Trinajstić information content (AvgIpc) is 2.41. The van der Waals surface area contributed by atoms with Crippen molar-refractivity contribution in [3.8, 4) is 0 Å². The SMILES string of the molecule is Cc1cc(N)nc(Cn2ncc(=O)c3ccccc32)n1. The van der Waals surface area contributed by atoms with Gasteiger partial charge in [0.05, 0.1) is 11.7 Å². The van der Waals surface area contributed by atoms with Gasteiger partial charge in [-0.2, -0.15) is 5.10 Å². The zero-order chi connectivity index (χ0) is 14.1. The Kier molecular flexibility index (Phi) is 2.90. The molecule has 6 nitrogen and oxygen atoms in total. The summed E-state index contributed by atoms with van der Waals surface area (Å²) in [4.78, 5) is 20.3. The van der Waals surface area contributed by atoms with Crippen LogP contribution in [0, 0.1) is 6.92 Å². The number of nitrogens with zero attached hydrogens (tertiary/aromatic N) is 4. The van der Waals surface area contributed by atoms with Crippen LogP contribution in [0.5, 0.6) is 0 Å². The van der Waals surface area contributed by atoms with Crippen LogP contribution in [0.4, 0.5) is 5.82 Å². The van der Waals surface area contributed by atoms with Crippen molar-refractivity contribution < 1.29 is 0 Å². The highest BCUT2D eigenvalue weighted by Crippen LogP contribution is 2.10. The number of anilines is 1. The van der Waals surface area contributed by atoms with E-state index < -0.39 is 0 Å². The smallest absolute Gasteiger partial charge is 0.207 e. The standard InChI is InChI=1S/C14H13N5O/c1-9-6-13(15)18-14(17-9)8-19-11-5-3-2-4-10(11)12(20)7-16-19/h2-7H,8H2,1H3,(H2,15,17,18). The normalized spacial score (nSPS) is 10.8. The van der Waals surface area contributed by atoms with E-state index >= 15 is 0 Å². The molecule has 100 valence electrons. The number of hydrogen-bond acceptors (Lipinski definition) is 5. The van der Waals surface area contributed by atoms with Crippen LogP contribution in [-0.2, 0) is 6.54 Å². The lowest BCUT2D eigenvalue weighted by Gasteiger charge is -2.09. The first kappa shape index (κ1) is 12.3. The summed E-state index contributed by atoms with van der Waals surface area (Å²) in [5.41, 5.74) is 7.18. The molecule has 2 aromatic heterocycles. The Hall–Kier alpha value is -2.76. The van der Waals surface area contributed by atoms with Gasteiger partial charge in [0, 0.05) is 17.1 Å². The second-order valence-corrected chi connectivity index (χ2v) is 4.53. The largest absolute Gasteiger partial charge is 0.384 e. The molecule has 0 atom stereocenters. The van der Waals surface area contributed by atoms with Gasteiger partial charge in [0.1, 0.15) is 12.4 Å². The van der Waals surface area contributed by atoms with Crippen molar-refractivity contribution in [2.75, 3.05) is 5.73 Å². The molecular formula is C14H13N5O. The maximum Gasteiger partial charge on any atom is 0.207 e. The molecule has 0 bridgehead atoms. The average molecular weight is 267 g/mol. The molecule has 0 spiro atoms. The van der Waals surface area contributed by atoms with E-state index in [0.717, 1.165) is 11.2 Å². The topological polar surface area (TPSA) is 86.7 Å². The number of para-hydroxylation sites is 1. The Balaban J connectivity index is 2.11. The third-order valence-corrected chi connectivity index (χ3v) is 2.97. The Labute approximate surface area is 114 Å². The molecule has 0 saturated heterocycles. The van der Waals surface area contributed by atoms with Crippen LogP contribution in [0.25, 0.3) is 10.9 Å². The quantitative estimate of drug-likeness (QED) is 0.752.